The number of benzene rings is 5. The minimum atomic E-state index is -0.854. The van der Waals surface area contributed by atoms with E-state index in [1.54, 1.807) is 0 Å². The summed E-state index contributed by atoms with van der Waals surface area (Å²) < 4.78 is 45.6. The molecular formula is C36H38O12. The molecule has 0 aliphatic heterocycles. The van der Waals surface area contributed by atoms with Gasteiger partial charge in [-0.2, -0.15) is 0 Å². The molecule has 0 aliphatic carbocycles. The van der Waals surface area contributed by atoms with Gasteiger partial charge in [0.05, 0.1) is 67.7 Å². The van der Waals surface area contributed by atoms with Gasteiger partial charge in [0.15, 0.2) is 11.5 Å². The molecule has 12 nitrogen and oxygen atoms in total. The molecule has 5 rings (SSSR count). The number of carbonyl (C=O) groups excluding carboxylic acids is 2. The first-order valence-corrected chi connectivity index (χ1v) is 15.3. The van der Waals surface area contributed by atoms with Crippen molar-refractivity contribution in [2.45, 2.75) is 39.5 Å². The largest absolute Gasteiger partial charge is 0.495 e. The highest BCUT2D eigenvalue weighted by atomic mass is 16.5. The molecule has 0 heterocycles. The van der Waals surface area contributed by atoms with Crippen molar-refractivity contribution in [3.63, 3.8) is 0 Å². The van der Waals surface area contributed by atoms with Gasteiger partial charge in [-0.25, -0.2) is 9.59 Å². The van der Waals surface area contributed by atoms with Crippen molar-refractivity contribution >= 4 is 55.0 Å². The molecule has 48 heavy (non-hydrogen) atoms. The number of aryl methyl sites for hydroxylation is 2. The van der Waals surface area contributed by atoms with Crippen LogP contribution in [0.4, 0.5) is 0 Å². The summed E-state index contributed by atoms with van der Waals surface area (Å²) in [5.74, 6) is -1.82. The van der Waals surface area contributed by atoms with E-state index in [4.69, 9.17) is 37.9 Å². The minimum absolute atomic E-state index is 0.0179. The topological polar surface area (TPSA) is 142 Å². The molecule has 0 aromatic heterocycles. The number of esters is 2. The van der Waals surface area contributed by atoms with Gasteiger partial charge in [0.2, 0.25) is 10.9 Å². The second-order valence-electron chi connectivity index (χ2n) is 11.0. The van der Waals surface area contributed by atoms with E-state index in [2.05, 4.69) is 0 Å². The zero-order valence-corrected chi connectivity index (χ0v) is 28.7. The number of fused-ring (bicyclic) bond motifs is 2. The molecule has 12 heteroatoms. The first-order valence-electron chi connectivity index (χ1n) is 15.3. The van der Waals surface area contributed by atoms with Gasteiger partial charge in [-0.3, -0.25) is 9.59 Å². The lowest BCUT2D eigenvalue weighted by Crippen LogP contribution is -2.18. The van der Waals surface area contributed by atoms with Gasteiger partial charge in [-0.05, 0) is 23.6 Å². The zero-order chi connectivity index (χ0) is 35.2. The maximum absolute atomic E-state index is 14.6. The lowest BCUT2D eigenvalue weighted by Gasteiger charge is -2.27. The van der Waals surface area contributed by atoms with Crippen molar-refractivity contribution in [2.24, 2.45) is 0 Å². The molecule has 0 atom stereocenters. The average Bonchev–Trinajstić information content (AvgIpc) is 3.10. The lowest BCUT2D eigenvalue weighted by atomic mass is 9.80. The van der Waals surface area contributed by atoms with Gasteiger partial charge >= 0.3 is 11.9 Å². The Morgan fingerprint density at radius 1 is 0.417 bits per heavy atom. The third-order valence-electron chi connectivity index (χ3n) is 8.84. The van der Waals surface area contributed by atoms with Crippen molar-refractivity contribution in [3.05, 3.63) is 42.7 Å². The molecule has 0 saturated heterocycles. The molecule has 0 unspecified atom stereocenters. The quantitative estimate of drug-likeness (QED) is 0.0956. The summed E-state index contributed by atoms with van der Waals surface area (Å²) in [6.45, 7) is 3.94. The normalized spacial score (nSPS) is 11.4. The Hall–Kier alpha value is -5.26. The summed E-state index contributed by atoms with van der Waals surface area (Å²) >= 11 is 0. The Balaban J connectivity index is 2.50. The summed E-state index contributed by atoms with van der Waals surface area (Å²) in [6, 6.07) is 0. The number of carbonyl (C=O) groups is 2. The van der Waals surface area contributed by atoms with E-state index in [1.165, 1.54) is 56.9 Å². The SMILES string of the molecule is CCCc1c(OC)c(=O)c2c(OC)c(C(=O)OC)c(OC)c3c4c(OC)c(C(=O)OC)c(OC)c5c(=O)c(OC)c(CCC)c(c1c23)c54. The number of hydrogen-bond acceptors (Lipinski definition) is 12. The van der Waals surface area contributed by atoms with Gasteiger partial charge in [0.1, 0.15) is 34.1 Å². The van der Waals surface area contributed by atoms with Gasteiger partial charge < -0.3 is 37.9 Å². The number of rotatable bonds is 12. The van der Waals surface area contributed by atoms with Crippen molar-refractivity contribution in [1.29, 1.82) is 0 Å². The molecule has 0 bridgehead atoms. The van der Waals surface area contributed by atoms with Gasteiger partial charge in [-0.15, -0.1) is 0 Å². The maximum atomic E-state index is 14.6. The molecular weight excluding hydrogens is 624 g/mol. The molecule has 0 saturated carbocycles. The molecule has 0 amide bonds. The van der Waals surface area contributed by atoms with Crippen LogP contribution in [0.1, 0.15) is 58.5 Å². The van der Waals surface area contributed by atoms with Gasteiger partial charge in [-0.1, -0.05) is 26.7 Å². The average molecular weight is 663 g/mol. The molecule has 0 N–H and O–H groups in total. The molecule has 0 radical (unpaired) electrons. The zero-order valence-electron chi connectivity index (χ0n) is 28.7. The fraction of sp³-hybridized carbons (Fsp3) is 0.389. The number of ether oxygens (including phenoxy) is 8. The van der Waals surface area contributed by atoms with Crippen LogP contribution in [0.3, 0.4) is 0 Å². The Bertz CT molecular complexity index is 2060. The Kier molecular flexibility index (Phi) is 9.30. The van der Waals surface area contributed by atoms with E-state index in [-0.39, 0.29) is 67.2 Å². The Labute approximate surface area is 276 Å². The van der Waals surface area contributed by atoms with E-state index in [1.807, 2.05) is 13.8 Å². The molecule has 0 aliphatic rings. The third-order valence-corrected chi connectivity index (χ3v) is 8.84. The molecule has 254 valence electrons. The highest BCUT2D eigenvalue weighted by Gasteiger charge is 2.38. The fourth-order valence-corrected chi connectivity index (χ4v) is 7.20. The first-order chi connectivity index (χ1) is 23.1. The summed E-state index contributed by atoms with van der Waals surface area (Å²) in [6.07, 6.45) is 2.07. The first kappa shape index (κ1) is 34.1. The van der Waals surface area contributed by atoms with Crippen molar-refractivity contribution in [3.8, 4) is 34.5 Å². The van der Waals surface area contributed by atoms with E-state index in [0.717, 1.165) is 0 Å². The van der Waals surface area contributed by atoms with Gasteiger partial charge in [0, 0.05) is 32.7 Å². The van der Waals surface area contributed by atoms with Crippen LogP contribution in [0.5, 0.6) is 34.5 Å². The predicted molar refractivity (Wildman–Crippen MR) is 181 cm³/mol. The maximum Gasteiger partial charge on any atom is 0.345 e. The van der Waals surface area contributed by atoms with Crippen LogP contribution in [-0.4, -0.2) is 68.8 Å². The van der Waals surface area contributed by atoms with Crippen LogP contribution in [0.25, 0.3) is 43.1 Å². The van der Waals surface area contributed by atoms with Crippen LogP contribution in [-0.2, 0) is 22.3 Å². The van der Waals surface area contributed by atoms with E-state index < -0.39 is 22.8 Å². The molecule has 5 aromatic carbocycles. The van der Waals surface area contributed by atoms with Crippen molar-refractivity contribution in [2.75, 3.05) is 56.9 Å². The van der Waals surface area contributed by atoms with Crippen LogP contribution in [0.15, 0.2) is 9.59 Å². The van der Waals surface area contributed by atoms with Crippen molar-refractivity contribution < 1.29 is 47.5 Å². The van der Waals surface area contributed by atoms with Crippen LogP contribution in [0, 0.1) is 0 Å². The minimum Gasteiger partial charge on any atom is -0.495 e. The summed E-state index contributed by atoms with van der Waals surface area (Å²) in [5, 5.41) is 2.33. The lowest BCUT2D eigenvalue weighted by molar-refractivity contribution is 0.0584. The van der Waals surface area contributed by atoms with Crippen LogP contribution < -0.4 is 39.3 Å². The molecule has 0 spiro atoms. The van der Waals surface area contributed by atoms with Crippen LogP contribution in [0.2, 0.25) is 0 Å². The smallest absolute Gasteiger partial charge is 0.345 e. The number of methoxy groups -OCH3 is 8. The van der Waals surface area contributed by atoms with E-state index >= 15 is 0 Å². The van der Waals surface area contributed by atoms with Crippen molar-refractivity contribution in [1.82, 2.24) is 0 Å². The van der Waals surface area contributed by atoms with Gasteiger partial charge in [0.25, 0.3) is 0 Å². The second-order valence-corrected chi connectivity index (χ2v) is 11.0. The molecule has 0 fully saturated rings. The standard InChI is InChI=1S/C36H38O12/c1-11-13-15-17-18-16(14-12-2)30(42-4)28(38)24-20(18)22(32(44-6)26(34(24)46-8)36(40)48-10)21-19(17)23(27(37)29(15)41-3)33(45-7)25(31(21)43-5)35(39)47-9/h11-14H2,1-10H3. The summed E-state index contributed by atoms with van der Waals surface area (Å²) in [5.41, 5.74) is -0.276. The highest BCUT2D eigenvalue weighted by Crippen LogP contribution is 2.56. The van der Waals surface area contributed by atoms with E-state index in [0.29, 0.717) is 58.4 Å². The third kappa shape index (κ3) is 4.41. The Morgan fingerprint density at radius 2 is 0.708 bits per heavy atom. The van der Waals surface area contributed by atoms with E-state index in [9.17, 15) is 19.2 Å². The second kappa shape index (κ2) is 13.1. The predicted octanol–water partition coefficient (Wildman–Crippen LogP) is 5.43. The monoisotopic (exact) mass is 662 g/mol. The summed E-state index contributed by atoms with van der Waals surface area (Å²) in [7, 11) is 10.6. The fourth-order valence-electron chi connectivity index (χ4n) is 7.20. The highest BCUT2D eigenvalue weighted by molar-refractivity contribution is 6.40. The molecule has 5 aromatic rings. The number of hydrogen-bond donors (Lipinski definition) is 0. The Morgan fingerprint density at radius 3 is 0.958 bits per heavy atom. The summed E-state index contributed by atoms with van der Waals surface area (Å²) in [4.78, 5) is 56.2. The van der Waals surface area contributed by atoms with Crippen LogP contribution >= 0.6 is 0 Å².